The Labute approximate surface area is 276 Å². The molecule has 0 aliphatic heterocycles. The molecular weight excluding hydrogens is 621 g/mol. The minimum Gasteiger partial charge on any atom is -0.415 e. The summed E-state index contributed by atoms with van der Waals surface area (Å²) >= 11 is 0. The number of rotatable bonds is 35. The third kappa shape index (κ3) is 33.6. The van der Waals surface area contributed by atoms with E-state index in [4.69, 9.17) is 56.2 Å². The maximum absolute atomic E-state index is 6.08. The van der Waals surface area contributed by atoms with E-state index in [9.17, 15) is 0 Å². The Morgan fingerprint density at radius 3 is 0.644 bits per heavy atom. The zero-order valence-corrected chi connectivity index (χ0v) is 32.0. The molecule has 0 heterocycles. The highest BCUT2D eigenvalue weighted by Crippen LogP contribution is 2.36. The van der Waals surface area contributed by atoms with E-state index in [0.29, 0.717) is 145 Å². The molecule has 0 saturated heterocycles. The molecule has 0 saturated carbocycles. The quantitative estimate of drug-likeness (QED) is 0.0709. The maximum Gasteiger partial charge on any atom is 0.192 e. The van der Waals surface area contributed by atoms with Crippen molar-refractivity contribution in [2.45, 2.75) is 58.5 Å². The average Bonchev–Trinajstić information content (AvgIpc) is 2.96. The van der Waals surface area contributed by atoms with Crippen LogP contribution >= 0.6 is 0 Å². The minimum absolute atomic E-state index is 0.219. The van der Waals surface area contributed by atoms with Crippen LogP contribution in [0.1, 0.15) is 20.8 Å². The summed E-state index contributed by atoms with van der Waals surface area (Å²) in [6.07, 6.45) is 0. The molecule has 0 aromatic carbocycles. The predicted molar refractivity (Wildman–Crippen MR) is 181 cm³/mol. The van der Waals surface area contributed by atoms with Gasteiger partial charge in [-0.2, -0.15) is 0 Å². The Bertz CT molecular complexity index is 618. The van der Waals surface area contributed by atoms with Crippen molar-refractivity contribution in [2.75, 3.05) is 145 Å². The average molecular weight is 689 g/mol. The Morgan fingerprint density at radius 2 is 0.467 bits per heavy atom. The third-order valence-corrected chi connectivity index (χ3v) is 12.2. The second-order valence-electron chi connectivity index (χ2n) is 12.7. The summed E-state index contributed by atoms with van der Waals surface area (Å²) in [5.74, 6) is 0. The summed E-state index contributed by atoms with van der Waals surface area (Å²) in [5.41, 5.74) is 0. The van der Waals surface area contributed by atoms with Crippen molar-refractivity contribution < 1.29 is 56.2 Å². The van der Waals surface area contributed by atoms with Crippen LogP contribution in [-0.4, -0.2) is 162 Å². The van der Waals surface area contributed by atoms with Crippen molar-refractivity contribution in [3.8, 4) is 0 Å². The number of ether oxygens (including phenoxy) is 10. The summed E-state index contributed by atoms with van der Waals surface area (Å²) in [4.78, 5) is 0. The van der Waals surface area contributed by atoms with Crippen LogP contribution in [0.15, 0.2) is 0 Å². The molecule has 0 atom stereocenters. The highest BCUT2D eigenvalue weighted by molar-refractivity contribution is 6.74. The van der Waals surface area contributed by atoms with Crippen molar-refractivity contribution >= 4 is 16.6 Å². The fourth-order valence-corrected chi connectivity index (χ4v) is 4.78. The molecule has 0 aromatic rings. The van der Waals surface area contributed by atoms with Gasteiger partial charge in [-0.05, 0) is 37.8 Å². The maximum atomic E-state index is 6.08. The first kappa shape index (κ1) is 45.0. The molecular formula is C31H68O12Si2. The second kappa shape index (κ2) is 30.0. The van der Waals surface area contributed by atoms with E-state index in [1.54, 1.807) is 0 Å². The molecule has 0 radical (unpaired) electrons. The van der Waals surface area contributed by atoms with Crippen LogP contribution in [0.5, 0.6) is 0 Å². The van der Waals surface area contributed by atoms with Gasteiger partial charge in [-0.1, -0.05) is 20.8 Å². The number of hydrogen-bond donors (Lipinski definition) is 0. The van der Waals surface area contributed by atoms with Crippen LogP contribution in [0.2, 0.25) is 37.8 Å². The van der Waals surface area contributed by atoms with Gasteiger partial charge in [0.1, 0.15) is 0 Å². The van der Waals surface area contributed by atoms with E-state index in [0.717, 1.165) is 0 Å². The van der Waals surface area contributed by atoms with E-state index >= 15 is 0 Å². The fourth-order valence-electron chi connectivity index (χ4n) is 3.06. The van der Waals surface area contributed by atoms with Crippen LogP contribution in [0.3, 0.4) is 0 Å². The summed E-state index contributed by atoms with van der Waals surface area (Å²) in [7, 11) is -3.14. The zero-order chi connectivity index (χ0) is 33.5. The van der Waals surface area contributed by atoms with E-state index in [1.807, 2.05) is 0 Å². The fraction of sp³-hybridized carbons (Fsp3) is 1.00. The zero-order valence-electron chi connectivity index (χ0n) is 30.0. The molecule has 0 aliphatic rings. The van der Waals surface area contributed by atoms with Crippen LogP contribution < -0.4 is 0 Å². The van der Waals surface area contributed by atoms with Gasteiger partial charge in [-0.15, -0.1) is 0 Å². The number of hydrogen-bond acceptors (Lipinski definition) is 12. The highest BCUT2D eigenvalue weighted by atomic mass is 28.4. The molecule has 0 aliphatic carbocycles. The molecule has 0 aromatic heterocycles. The molecule has 0 rings (SSSR count). The highest BCUT2D eigenvalue weighted by Gasteiger charge is 2.36. The minimum atomic E-state index is -1.69. The Morgan fingerprint density at radius 1 is 0.289 bits per heavy atom. The second-order valence-corrected chi connectivity index (χ2v) is 22.0. The lowest BCUT2D eigenvalue weighted by Crippen LogP contribution is -2.41. The Hall–Kier alpha value is -0.0462. The van der Waals surface area contributed by atoms with Crippen molar-refractivity contribution in [2.24, 2.45) is 0 Å². The van der Waals surface area contributed by atoms with E-state index < -0.39 is 16.6 Å². The van der Waals surface area contributed by atoms with E-state index in [1.165, 1.54) is 0 Å². The van der Waals surface area contributed by atoms with Crippen molar-refractivity contribution in [3.63, 3.8) is 0 Å². The first-order chi connectivity index (χ1) is 21.5. The molecule has 45 heavy (non-hydrogen) atoms. The molecule has 0 amide bonds. The molecule has 0 spiro atoms. The van der Waals surface area contributed by atoms with Gasteiger partial charge in [0.05, 0.1) is 145 Å². The third-order valence-electron chi connectivity index (χ3n) is 6.61. The van der Waals surface area contributed by atoms with Gasteiger partial charge in [-0.3, -0.25) is 0 Å². The first-order valence-corrected chi connectivity index (χ1v) is 22.8. The lowest BCUT2D eigenvalue weighted by molar-refractivity contribution is -0.0270. The molecule has 14 heteroatoms. The monoisotopic (exact) mass is 688 g/mol. The van der Waals surface area contributed by atoms with E-state index in [2.05, 4.69) is 53.5 Å². The Balaban J connectivity index is 3.14. The van der Waals surface area contributed by atoms with Crippen molar-refractivity contribution in [1.29, 1.82) is 0 Å². The molecule has 0 unspecified atom stereocenters. The van der Waals surface area contributed by atoms with Gasteiger partial charge < -0.3 is 56.2 Å². The standard InChI is InChI=1S/C31H68O12Si2/c1-31(2,3)45(7,8)43-30-28-41-26-24-39-22-20-37-18-16-35-14-12-33-10-9-32-11-13-34-15-17-36-19-21-38-23-25-40-27-29-42-44(4,5)6/h9-30H2,1-8H3. The van der Waals surface area contributed by atoms with Gasteiger partial charge >= 0.3 is 0 Å². The largest absolute Gasteiger partial charge is 0.415 e. The molecule has 0 N–H and O–H groups in total. The lowest BCUT2D eigenvalue weighted by atomic mass is 10.2. The topological polar surface area (TPSA) is 111 Å². The summed E-state index contributed by atoms with van der Waals surface area (Å²) in [5, 5.41) is 0.219. The smallest absolute Gasteiger partial charge is 0.192 e. The normalized spacial score (nSPS) is 12.8. The SMILES string of the molecule is CC(C)(C)[Si](C)(C)OCCOCCOCCOCCOCCOCCOCCOCCOCCOCCOCCO[Si](C)(C)C. The molecule has 272 valence electrons. The Kier molecular flexibility index (Phi) is 30.0. The van der Waals surface area contributed by atoms with Crippen LogP contribution in [0.25, 0.3) is 0 Å². The molecule has 12 nitrogen and oxygen atoms in total. The predicted octanol–water partition coefficient (Wildman–Crippen LogP) is 4.03. The summed E-state index contributed by atoms with van der Waals surface area (Å²) < 4.78 is 66.8. The lowest BCUT2D eigenvalue weighted by Gasteiger charge is -2.36. The van der Waals surface area contributed by atoms with E-state index in [-0.39, 0.29) is 5.04 Å². The van der Waals surface area contributed by atoms with Gasteiger partial charge in [0.25, 0.3) is 0 Å². The van der Waals surface area contributed by atoms with Crippen LogP contribution in [0, 0.1) is 0 Å². The van der Waals surface area contributed by atoms with Crippen molar-refractivity contribution in [3.05, 3.63) is 0 Å². The summed E-state index contributed by atoms with van der Waals surface area (Å²) in [6, 6.07) is 0. The van der Waals surface area contributed by atoms with Crippen LogP contribution in [0.4, 0.5) is 0 Å². The van der Waals surface area contributed by atoms with Gasteiger partial charge in [0, 0.05) is 0 Å². The first-order valence-electron chi connectivity index (χ1n) is 16.5. The van der Waals surface area contributed by atoms with Gasteiger partial charge in [0.15, 0.2) is 16.6 Å². The van der Waals surface area contributed by atoms with Gasteiger partial charge in [-0.25, -0.2) is 0 Å². The van der Waals surface area contributed by atoms with Crippen LogP contribution in [-0.2, 0) is 56.2 Å². The van der Waals surface area contributed by atoms with Crippen molar-refractivity contribution in [1.82, 2.24) is 0 Å². The van der Waals surface area contributed by atoms with Gasteiger partial charge in [0.2, 0.25) is 0 Å². The summed E-state index contributed by atoms with van der Waals surface area (Å²) in [6.45, 7) is 29.8. The molecule has 0 fully saturated rings. The molecule has 0 bridgehead atoms.